The molecule has 0 bridgehead atoms. The quantitative estimate of drug-likeness (QED) is 0.911. The molecular weight excluding hydrogens is 286 g/mol. The molecule has 1 heterocycles. The lowest BCUT2D eigenvalue weighted by molar-refractivity contribution is 0.158. The summed E-state index contributed by atoms with van der Waals surface area (Å²) in [4.78, 5) is 0. The Hall–Kier alpha value is -1.36. The highest BCUT2D eigenvalue weighted by molar-refractivity contribution is 6.31. The second-order valence-electron chi connectivity index (χ2n) is 5.72. The molecule has 3 rings (SSSR count). The van der Waals surface area contributed by atoms with Crippen molar-refractivity contribution in [2.45, 2.75) is 31.8 Å². The SMILES string of the molecule is Cc1nn(C)c(CNC2(CO)CCc3ccccc32)c1Cl. The van der Waals surface area contributed by atoms with Crippen LogP contribution in [0.4, 0.5) is 0 Å². The summed E-state index contributed by atoms with van der Waals surface area (Å²) in [5.41, 5.74) is 3.92. The molecular formula is C16H20ClN3O. The first kappa shape index (κ1) is 14.6. The van der Waals surface area contributed by atoms with E-state index < -0.39 is 0 Å². The van der Waals surface area contributed by atoms with Gasteiger partial charge in [-0.05, 0) is 30.9 Å². The number of halogens is 1. The van der Waals surface area contributed by atoms with E-state index in [0.29, 0.717) is 11.6 Å². The van der Waals surface area contributed by atoms with Gasteiger partial charge in [0.05, 0.1) is 28.6 Å². The summed E-state index contributed by atoms with van der Waals surface area (Å²) < 4.78 is 1.80. The van der Waals surface area contributed by atoms with Gasteiger partial charge in [0.15, 0.2) is 0 Å². The Kier molecular flexibility index (Phi) is 3.78. The van der Waals surface area contributed by atoms with Crippen molar-refractivity contribution in [2.75, 3.05) is 6.61 Å². The molecule has 21 heavy (non-hydrogen) atoms. The molecule has 0 amide bonds. The fraction of sp³-hybridized carbons (Fsp3) is 0.438. The van der Waals surface area contributed by atoms with Gasteiger partial charge in [0.1, 0.15) is 0 Å². The van der Waals surface area contributed by atoms with Gasteiger partial charge in [-0.25, -0.2) is 0 Å². The van der Waals surface area contributed by atoms with Crippen LogP contribution in [0.1, 0.15) is 28.9 Å². The van der Waals surface area contributed by atoms with Gasteiger partial charge in [0, 0.05) is 13.6 Å². The van der Waals surface area contributed by atoms with E-state index in [1.807, 2.05) is 26.1 Å². The number of fused-ring (bicyclic) bond motifs is 1. The second-order valence-corrected chi connectivity index (χ2v) is 6.10. The molecule has 0 saturated heterocycles. The van der Waals surface area contributed by atoms with Gasteiger partial charge in [0.25, 0.3) is 0 Å². The topological polar surface area (TPSA) is 50.1 Å². The summed E-state index contributed by atoms with van der Waals surface area (Å²) in [6.07, 6.45) is 1.89. The zero-order valence-corrected chi connectivity index (χ0v) is 13.1. The predicted molar refractivity (Wildman–Crippen MR) is 83.3 cm³/mol. The van der Waals surface area contributed by atoms with E-state index in [9.17, 15) is 5.11 Å². The first-order valence-electron chi connectivity index (χ1n) is 7.19. The lowest BCUT2D eigenvalue weighted by Gasteiger charge is -2.30. The van der Waals surface area contributed by atoms with E-state index in [4.69, 9.17) is 11.6 Å². The van der Waals surface area contributed by atoms with Crippen LogP contribution < -0.4 is 5.32 Å². The molecule has 2 N–H and O–H groups in total. The highest BCUT2D eigenvalue weighted by Crippen LogP contribution is 2.37. The number of benzene rings is 1. The van der Waals surface area contributed by atoms with E-state index in [1.165, 1.54) is 11.1 Å². The molecule has 112 valence electrons. The van der Waals surface area contributed by atoms with E-state index in [0.717, 1.165) is 24.2 Å². The van der Waals surface area contributed by atoms with E-state index in [-0.39, 0.29) is 12.1 Å². The minimum atomic E-state index is -0.377. The van der Waals surface area contributed by atoms with Crippen molar-refractivity contribution >= 4 is 11.6 Å². The van der Waals surface area contributed by atoms with Gasteiger partial charge in [0.2, 0.25) is 0 Å². The van der Waals surface area contributed by atoms with Crippen LogP contribution in [0, 0.1) is 6.92 Å². The summed E-state index contributed by atoms with van der Waals surface area (Å²) in [6.45, 7) is 2.57. The lowest BCUT2D eigenvalue weighted by atomic mass is 9.92. The van der Waals surface area contributed by atoms with Crippen LogP contribution >= 0.6 is 11.6 Å². The third kappa shape index (κ3) is 2.37. The Balaban J connectivity index is 1.86. The molecule has 0 aliphatic heterocycles. The van der Waals surface area contributed by atoms with Crippen LogP contribution in [0.5, 0.6) is 0 Å². The zero-order chi connectivity index (χ0) is 15.0. The maximum Gasteiger partial charge on any atom is 0.0860 e. The minimum absolute atomic E-state index is 0.0818. The standard InChI is InChI=1S/C16H20ClN3O/c1-11-15(17)14(20(2)19-11)9-18-16(10-21)8-7-12-5-3-4-6-13(12)16/h3-6,18,21H,7-10H2,1-2H3. The molecule has 1 aliphatic carbocycles. The Bertz CT molecular complexity index is 668. The molecule has 5 heteroatoms. The van der Waals surface area contributed by atoms with Gasteiger partial charge in [-0.3, -0.25) is 10.00 Å². The first-order valence-corrected chi connectivity index (χ1v) is 7.57. The molecule has 0 saturated carbocycles. The van der Waals surface area contributed by atoms with Gasteiger partial charge in [-0.2, -0.15) is 5.10 Å². The van der Waals surface area contributed by atoms with Gasteiger partial charge < -0.3 is 5.11 Å². The average molecular weight is 306 g/mol. The number of hydrogen-bond donors (Lipinski definition) is 2. The molecule has 0 spiro atoms. The Morgan fingerprint density at radius 3 is 2.86 bits per heavy atom. The monoisotopic (exact) mass is 305 g/mol. The van der Waals surface area contributed by atoms with Crippen LogP contribution in [0.2, 0.25) is 5.02 Å². The maximum atomic E-state index is 9.97. The molecule has 1 unspecified atom stereocenters. The van der Waals surface area contributed by atoms with Crippen molar-refractivity contribution in [1.82, 2.24) is 15.1 Å². The lowest BCUT2D eigenvalue weighted by Crippen LogP contribution is -2.43. The normalized spacial score (nSPS) is 20.8. The number of aryl methyl sites for hydroxylation is 3. The van der Waals surface area contributed by atoms with Gasteiger partial charge in [-0.15, -0.1) is 0 Å². The molecule has 1 atom stereocenters. The van der Waals surface area contributed by atoms with Crippen molar-refractivity contribution in [3.8, 4) is 0 Å². The first-order chi connectivity index (χ1) is 10.1. The van der Waals surface area contributed by atoms with Gasteiger partial charge >= 0.3 is 0 Å². The highest BCUT2D eigenvalue weighted by atomic mass is 35.5. The van der Waals surface area contributed by atoms with Crippen molar-refractivity contribution < 1.29 is 5.11 Å². The summed E-state index contributed by atoms with van der Waals surface area (Å²) in [5, 5.41) is 18.5. The van der Waals surface area contributed by atoms with Crippen molar-refractivity contribution in [3.63, 3.8) is 0 Å². The molecule has 0 fully saturated rings. The number of nitrogens with zero attached hydrogens (tertiary/aromatic N) is 2. The van der Waals surface area contributed by atoms with Crippen LogP contribution in [-0.2, 0) is 25.6 Å². The smallest absolute Gasteiger partial charge is 0.0860 e. The molecule has 4 nitrogen and oxygen atoms in total. The fourth-order valence-electron chi connectivity index (χ4n) is 3.22. The number of nitrogens with one attached hydrogen (secondary N) is 1. The number of aliphatic hydroxyl groups is 1. The largest absolute Gasteiger partial charge is 0.394 e. The zero-order valence-electron chi connectivity index (χ0n) is 12.4. The minimum Gasteiger partial charge on any atom is -0.394 e. The third-order valence-electron chi connectivity index (χ3n) is 4.48. The van der Waals surface area contributed by atoms with Crippen molar-refractivity contribution in [1.29, 1.82) is 0 Å². The third-order valence-corrected chi connectivity index (χ3v) is 4.97. The molecule has 1 aliphatic rings. The highest BCUT2D eigenvalue weighted by Gasteiger charge is 2.37. The molecule has 1 aromatic heterocycles. The number of aromatic nitrogens is 2. The number of hydrogen-bond acceptors (Lipinski definition) is 3. The molecule has 1 aromatic carbocycles. The Morgan fingerprint density at radius 1 is 1.43 bits per heavy atom. The van der Waals surface area contributed by atoms with E-state index in [1.54, 1.807) is 4.68 Å². The van der Waals surface area contributed by atoms with E-state index in [2.05, 4.69) is 22.5 Å². The fourth-order valence-corrected chi connectivity index (χ4v) is 3.44. The second kappa shape index (κ2) is 5.44. The summed E-state index contributed by atoms with van der Waals surface area (Å²) in [5.74, 6) is 0. The molecule has 0 radical (unpaired) electrons. The summed E-state index contributed by atoms with van der Waals surface area (Å²) in [7, 11) is 1.89. The van der Waals surface area contributed by atoms with Crippen LogP contribution in [0.25, 0.3) is 0 Å². The molecule has 2 aromatic rings. The number of rotatable bonds is 4. The van der Waals surface area contributed by atoms with Crippen LogP contribution in [-0.4, -0.2) is 21.5 Å². The van der Waals surface area contributed by atoms with E-state index >= 15 is 0 Å². The number of aliphatic hydroxyl groups excluding tert-OH is 1. The Labute approximate surface area is 129 Å². The van der Waals surface area contributed by atoms with Crippen molar-refractivity contribution in [2.24, 2.45) is 7.05 Å². The summed E-state index contributed by atoms with van der Waals surface area (Å²) in [6, 6.07) is 8.31. The predicted octanol–water partition coefficient (Wildman–Crippen LogP) is 2.31. The summed E-state index contributed by atoms with van der Waals surface area (Å²) >= 11 is 6.30. The van der Waals surface area contributed by atoms with Crippen LogP contribution in [0.15, 0.2) is 24.3 Å². The maximum absolute atomic E-state index is 9.97. The Morgan fingerprint density at radius 2 is 2.19 bits per heavy atom. The average Bonchev–Trinajstić information content (AvgIpc) is 2.97. The van der Waals surface area contributed by atoms with Gasteiger partial charge in [-0.1, -0.05) is 35.9 Å². The van der Waals surface area contributed by atoms with Crippen LogP contribution in [0.3, 0.4) is 0 Å². The van der Waals surface area contributed by atoms with Crippen molar-refractivity contribution in [3.05, 3.63) is 51.8 Å².